The molecule has 1 aromatic heterocycles. The highest BCUT2D eigenvalue weighted by molar-refractivity contribution is 6.30. The Balaban J connectivity index is 2.30. The molecule has 6 heteroatoms. The lowest BCUT2D eigenvalue weighted by molar-refractivity contribution is 1.07. The van der Waals surface area contributed by atoms with Crippen molar-refractivity contribution in [2.75, 3.05) is 11.1 Å². The monoisotopic (exact) mass is 235 g/mol. The summed E-state index contributed by atoms with van der Waals surface area (Å²) in [5.74, 6) is 0.579. The Kier molecular flexibility index (Phi) is 2.87. The molecule has 0 fully saturated rings. The normalized spacial score (nSPS) is 10.1. The molecular weight excluding hydrogens is 226 g/mol. The standard InChI is InChI=1S/C10H10ClN5/c1-6-2-3-7(11)4-8(6)15-10-14-5-13-9(12)16-10/h2-5H,1H3,(H3,12,13,14,15,16). The van der Waals surface area contributed by atoms with Gasteiger partial charge >= 0.3 is 0 Å². The fourth-order valence-corrected chi connectivity index (χ4v) is 1.39. The summed E-state index contributed by atoms with van der Waals surface area (Å²) >= 11 is 5.90. The Morgan fingerprint density at radius 1 is 1.31 bits per heavy atom. The van der Waals surface area contributed by atoms with E-state index in [1.807, 2.05) is 19.1 Å². The van der Waals surface area contributed by atoms with Gasteiger partial charge < -0.3 is 11.1 Å². The number of anilines is 3. The lowest BCUT2D eigenvalue weighted by atomic mass is 10.2. The number of nitrogen functional groups attached to an aromatic ring is 1. The van der Waals surface area contributed by atoms with Crippen molar-refractivity contribution in [1.82, 2.24) is 15.0 Å². The third-order valence-electron chi connectivity index (χ3n) is 2.04. The minimum atomic E-state index is 0.178. The second kappa shape index (κ2) is 4.32. The van der Waals surface area contributed by atoms with Crippen LogP contribution in [0.3, 0.4) is 0 Å². The number of nitrogens with zero attached hydrogens (tertiary/aromatic N) is 3. The molecule has 2 aromatic rings. The molecule has 0 aliphatic heterocycles. The molecule has 0 aliphatic carbocycles. The van der Waals surface area contributed by atoms with Crippen LogP contribution < -0.4 is 11.1 Å². The van der Waals surface area contributed by atoms with E-state index in [2.05, 4.69) is 20.3 Å². The molecule has 0 spiro atoms. The minimum absolute atomic E-state index is 0.178. The zero-order chi connectivity index (χ0) is 11.5. The predicted octanol–water partition coefficient (Wildman–Crippen LogP) is 2.16. The molecule has 0 saturated heterocycles. The summed E-state index contributed by atoms with van der Waals surface area (Å²) in [6, 6.07) is 5.54. The highest BCUT2D eigenvalue weighted by atomic mass is 35.5. The van der Waals surface area contributed by atoms with Crippen LogP contribution in [0.1, 0.15) is 5.56 Å². The summed E-state index contributed by atoms with van der Waals surface area (Å²) in [6.07, 6.45) is 1.35. The quantitative estimate of drug-likeness (QED) is 0.834. The summed E-state index contributed by atoms with van der Waals surface area (Å²) in [7, 11) is 0. The summed E-state index contributed by atoms with van der Waals surface area (Å²) in [5, 5.41) is 3.68. The third-order valence-corrected chi connectivity index (χ3v) is 2.27. The van der Waals surface area contributed by atoms with E-state index in [1.165, 1.54) is 6.33 Å². The third kappa shape index (κ3) is 2.38. The maximum absolute atomic E-state index is 5.90. The van der Waals surface area contributed by atoms with Gasteiger partial charge in [-0.2, -0.15) is 4.98 Å². The van der Waals surface area contributed by atoms with Crippen molar-refractivity contribution in [3.8, 4) is 0 Å². The van der Waals surface area contributed by atoms with Gasteiger partial charge in [0, 0.05) is 10.7 Å². The largest absolute Gasteiger partial charge is 0.368 e. The highest BCUT2D eigenvalue weighted by Gasteiger charge is 2.02. The van der Waals surface area contributed by atoms with Crippen molar-refractivity contribution < 1.29 is 0 Å². The summed E-state index contributed by atoms with van der Waals surface area (Å²) in [5.41, 5.74) is 7.34. The molecule has 0 amide bonds. The molecule has 1 aromatic carbocycles. The van der Waals surface area contributed by atoms with Gasteiger partial charge in [-0.3, -0.25) is 0 Å². The molecule has 3 N–H and O–H groups in total. The highest BCUT2D eigenvalue weighted by Crippen LogP contribution is 2.22. The van der Waals surface area contributed by atoms with Crippen LogP contribution in [0.2, 0.25) is 5.02 Å². The van der Waals surface area contributed by atoms with Crippen LogP contribution in [0.4, 0.5) is 17.6 Å². The first-order valence-electron chi connectivity index (χ1n) is 4.63. The van der Waals surface area contributed by atoms with Crippen molar-refractivity contribution in [1.29, 1.82) is 0 Å². The van der Waals surface area contributed by atoms with Crippen LogP contribution in [-0.2, 0) is 0 Å². The van der Waals surface area contributed by atoms with Crippen molar-refractivity contribution >= 4 is 29.2 Å². The van der Waals surface area contributed by atoms with Gasteiger partial charge in [0.1, 0.15) is 6.33 Å². The topological polar surface area (TPSA) is 76.7 Å². The Bertz CT molecular complexity index is 514. The molecule has 2 rings (SSSR count). The van der Waals surface area contributed by atoms with E-state index in [4.69, 9.17) is 17.3 Å². The molecule has 16 heavy (non-hydrogen) atoms. The molecule has 0 unspecified atom stereocenters. The lowest BCUT2D eigenvalue weighted by Gasteiger charge is -2.08. The molecule has 0 radical (unpaired) electrons. The van der Waals surface area contributed by atoms with Gasteiger partial charge in [-0.05, 0) is 24.6 Å². The summed E-state index contributed by atoms with van der Waals surface area (Å²) < 4.78 is 0. The number of aromatic nitrogens is 3. The van der Waals surface area contributed by atoms with E-state index >= 15 is 0 Å². The average molecular weight is 236 g/mol. The van der Waals surface area contributed by atoms with Crippen molar-refractivity contribution in [2.45, 2.75) is 6.92 Å². The first-order valence-corrected chi connectivity index (χ1v) is 5.00. The van der Waals surface area contributed by atoms with Crippen LogP contribution in [0.15, 0.2) is 24.5 Å². The van der Waals surface area contributed by atoms with Crippen LogP contribution in [0.5, 0.6) is 0 Å². The fraction of sp³-hybridized carbons (Fsp3) is 0.100. The van der Waals surface area contributed by atoms with Gasteiger partial charge in [0.2, 0.25) is 11.9 Å². The number of halogens is 1. The Morgan fingerprint density at radius 2 is 2.12 bits per heavy atom. The maximum atomic E-state index is 5.90. The smallest absolute Gasteiger partial charge is 0.231 e. The number of aryl methyl sites for hydroxylation is 1. The molecular formula is C10H10ClN5. The zero-order valence-electron chi connectivity index (χ0n) is 8.61. The first-order chi connectivity index (χ1) is 7.65. The van der Waals surface area contributed by atoms with Gasteiger partial charge in [-0.15, -0.1) is 0 Å². The lowest BCUT2D eigenvalue weighted by Crippen LogP contribution is -2.02. The predicted molar refractivity (Wildman–Crippen MR) is 63.7 cm³/mol. The fourth-order valence-electron chi connectivity index (χ4n) is 1.22. The van der Waals surface area contributed by atoms with Crippen molar-refractivity contribution in [2.24, 2.45) is 0 Å². The minimum Gasteiger partial charge on any atom is -0.368 e. The van der Waals surface area contributed by atoms with E-state index in [9.17, 15) is 0 Å². The van der Waals surface area contributed by atoms with Crippen molar-refractivity contribution in [3.05, 3.63) is 35.1 Å². The number of hydrogen-bond donors (Lipinski definition) is 2. The number of hydrogen-bond acceptors (Lipinski definition) is 5. The second-order valence-electron chi connectivity index (χ2n) is 3.25. The summed E-state index contributed by atoms with van der Waals surface area (Å²) in [4.78, 5) is 11.6. The van der Waals surface area contributed by atoms with Crippen LogP contribution in [0, 0.1) is 6.92 Å². The van der Waals surface area contributed by atoms with E-state index < -0.39 is 0 Å². The van der Waals surface area contributed by atoms with Gasteiger partial charge in [0.05, 0.1) is 0 Å². The second-order valence-corrected chi connectivity index (χ2v) is 3.69. The van der Waals surface area contributed by atoms with E-state index in [-0.39, 0.29) is 5.95 Å². The molecule has 0 aliphatic rings. The molecule has 1 heterocycles. The van der Waals surface area contributed by atoms with Gasteiger partial charge in [-0.25, -0.2) is 9.97 Å². The molecule has 0 atom stereocenters. The van der Waals surface area contributed by atoms with Gasteiger partial charge in [-0.1, -0.05) is 17.7 Å². The zero-order valence-corrected chi connectivity index (χ0v) is 9.36. The van der Waals surface area contributed by atoms with Crippen LogP contribution >= 0.6 is 11.6 Å². The van der Waals surface area contributed by atoms with Crippen LogP contribution in [-0.4, -0.2) is 15.0 Å². The average Bonchev–Trinajstić information content (AvgIpc) is 2.24. The van der Waals surface area contributed by atoms with Crippen LogP contribution in [0.25, 0.3) is 0 Å². The molecule has 0 bridgehead atoms. The SMILES string of the molecule is Cc1ccc(Cl)cc1Nc1ncnc(N)n1. The van der Waals surface area contributed by atoms with Gasteiger partial charge in [0.15, 0.2) is 0 Å². The maximum Gasteiger partial charge on any atom is 0.231 e. The number of benzene rings is 1. The number of rotatable bonds is 2. The number of nitrogens with one attached hydrogen (secondary N) is 1. The van der Waals surface area contributed by atoms with Crippen molar-refractivity contribution in [3.63, 3.8) is 0 Å². The Morgan fingerprint density at radius 3 is 2.88 bits per heavy atom. The van der Waals surface area contributed by atoms with E-state index in [0.717, 1.165) is 11.3 Å². The number of nitrogens with two attached hydrogens (primary N) is 1. The molecule has 82 valence electrons. The molecule has 5 nitrogen and oxygen atoms in total. The molecule has 0 saturated carbocycles. The van der Waals surface area contributed by atoms with Gasteiger partial charge in [0.25, 0.3) is 0 Å². The Labute approximate surface area is 97.7 Å². The Hall–Kier alpha value is -1.88. The van der Waals surface area contributed by atoms with E-state index in [0.29, 0.717) is 11.0 Å². The van der Waals surface area contributed by atoms with E-state index in [1.54, 1.807) is 6.07 Å². The summed E-state index contributed by atoms with van der Waals surface area (Å²) in [6.45, 7) is 1.96. The first kappa shape index (κ1) is 10.6.